The van der Waals surface area contributed by atoms with Gasteiger partial charge in [-0.1, -0.05) is 6.92 Å². The Hall–Kier alpha value is -0.610. The van der Waals surface area contributed by atoms with Crippen molar-refractivity contribution in [3.8, 4) is 0 Å². The first-order valence-electron chi connectivity index (χ1n) is 13.1. The van der Waals surface area contributed by atoms with Crippen molar-refractivity contribution in [3.05, 3.63) is 0 Å². The summed E-state index contributed by atoms with van der Waals surface area (Å²) in [4.78, 5) is 17.6. The second kappa shape index (κ2) is 7.03. The molecule has 0 aromatic carbocycles. The number of likely N-dealkylation sites (tertiary alicyclic amines) is 1. The molecule has 8 heteroatoms. The van der Waals surface area contributed by atoms with Gasteiger partial charge in [0.25, 0.3) is 0 Å². The van der Waals surface area contributed by atoms with Gasteiger partial charge in [0.2, 0.25) is 0 Å². The zero-order chi connectivity index (χ0) is 23.7. The molecule has 3 spiro atoms. The van der Waals surface area contributed by atoms with Gasteiger partial charge in [-0.3, -0.25) is 9.69 Å². The third-order valence-electron chi connectivity index (χ3n) is 11.8. The van der Waals surface area contributed by atoms with Gasteiger partial charge >= 0.3 is 0 Å². The zero-order valence-electron chi connectivity index (χ0n) is 21.1. The Bertz CT molecular complexity index is 900. The highest BCUT2D eigenvalue weighted by atomic mass is 16.7. The molecular formula is C26H39NO7. The Morgan fingerprint density at radius 2 is 1.94 bits per heavy atom. The number of fused-ring (bicyclic) bond motifs is 1. The lowest BCUT2D eigenvalue weighted by Crippen LogP contribution is -2.81. The molecule has 0 N–H and O–H groups in total. The maximum Gasteiger partial charge on any atom is 0.174 e. The largest absolute Gasteiger partial charge is 0.384 e. The van der Waals surface area contributed by atoms with Gasteiger partial charge in [-0.15, -0.1) is 0 Å². The molecule has 0 aromatic rings. The minimum atomic E-state index is -1.02. The molecule has 2 heterocycles. The van der Waals surface area contributed by atoms with E-state index >= 15 is 4.79 Å². The number of ether oxygens (including phenoxy) is 6. The lowest BCUT2D eigenvalue weighted by molar-refractivity contribution is -0.286. The molecule has 34 heavy (non-hydrogen) atoms. The monoisotopic (exact) mass is 477 g/mol. The molecule has 190 valence electrons. The standard InChI is InChI=1S/C26H39NO7/c1-6-27-11-23(12-29-2)8-7-17(31-4)25-15-9-14-16(30-3)10-24(18(15)19(14)32-5)26(22(25)27,34-13-33-24)21(28)20(23)25/h14-20,22H,6-13H2,1-5H3/t14-,15-,16+,17+,18-,19+,20-,22+,23+,24-,25+,26+/m1/s1. The molecule has 5 saturated carbocycles. The van der Waals surface area contributed by atoms with E-state index in [0.717, 1.165) is 32.4 Å². The van der Waals surface area contributed by atoms with Gasteiger partial charge in [0.05, 0.1) is 31.0 Å². The van der Waals surface area contributed by atoms with Crippen molar-refractivity contribution in [2.45, 2.75) is 68.2 Å². The molecule has 2 saturated heterocycles. The number of nitrogens with zero attached hydrogens (tertiary/aromatic N) is 1. The summed E-state index contributed by atoms with van der Waals surface area (Å²) >= 11 is 0. The second-order valence-corrected chi connectivity index (χ2v) is 12.1. The van der Waals surface area contributed by atoms with E-state index in [-0.39, 0.29) is 71.4 Å². The van der Waals surface area contributed by atoms with Gasteiger partial charge in [-0.2, -0.15) is 0 Å². The number of methoxy groups -OCH3 is 4. The third kappa shape index (κ3) is 2.00. The van der Waals surface area contributed by atoms with Crippen molar-refractivity contribution in [1.29, 1.82) is 0 Å². The van der Waals surface area contributed by atoms with Gasteiger partial charge in [-0.05, 0) is 31.7 Å². The number of carbonyl (C=O) groups excluding carboxylic acids is 1. The average molecular weight is 478 g/mol. The van der Waals surface area contributed by atoms with Crippen molar-refractivity contribution in [2.75, 3.05) is 54.9 Å². The van der Waals surface area contributed by atoms with Crippen LogP contribution in [0.25, 0.3) is 0 Å². The van der Waals surface area contributed by atoms with Crippen LogP contribution in [-0.4, -0.2) is 101 Å². The molecule has 7 rings (SSSR count). The maximum absolute atomic E-state index is 15.1. The van der Waals surface area contributed by atoms with Crippen LogP contribution in [0.5, 0.6) is 0 Å². The number of hydrogen-bond donors (Lipinski definition) is 0. The summed E-state index contributed by atoms with van der Waals surface area (Å²) in [5.41, 5.74) is -2.32. The Labute approximate surface area is 201 Å². The molecular weight excluding hydrogens is 438 g/mol. The first kappa shape index (κ1) is 22.6. The van der Waals surface area contributed by atoms with Crippen molar-refractivity contribution in [2.24, 2.45) is 34.5 Å². The maximum atomic E-state index is 15.1. The number of piperidine rings is 1. The average Bonchev–Trinajstić information content (AvgIpc) is 3.42. The number of rotatable bonds is 6. The van der Waals surface area contributed by atoms with Crippen LogP contribution in [0.1, 0.15) is 32.6 Å². The first-order valence-corrected chi connectivity index (χ1v) is 13.1. The van der Waals surface area contributed by atoms with Crippen LogP contribution < -0.4 is 0 Å². The smallest absolute Gasteiger partial charge is 0.174 e. The summed E-state index contributed by atoms with van der Waals surface area (Å²) in [6, 6.07) is -0.0617. The number of carbonyl (C=O) groups is 1. The Balaban J connectivity index is 1.56. The Morgan fingerprint density at radius 3 is 2.62 bits per heavy atom. The Kier molecular flexibility index (Phi) is 4.67. The minimum absolute atomic E-state index is 0.00444. The van der Waals surface area contributed by atoms with Crippen LogP contribution in [0.15, 0.2) is 0 Å². The van der Waals surface area contributed by atoms with E-state index in [1.165, 1.54) is 0 Å². The summed E-state index contributed by atoms with van der Waals surface area (Å²) in [6.07, 6.45) is 3.50. The van der Waals surface area contributed by atoms with E-state index in [0.29, 0.717) is 13.0 Å². The van der Waals surface area contributed by atoms with Gasteiger partial charge in [0.1, 0.15) is 12.4 Å². The fraction of sp³-hybridized carbons (Fsp3) is 0.962. The predicted octanol–water partition coefficient (Wildman–Crippen LogP) is 1.50. The molecule has 8 nitrogen and oxygen atoms in total. The number of ketones is 1. The van der Waals surface area contributed by atoms with Crippen LogP contribution in [0.2, 0.25) is 0 Å². The van der Waals surface area contributed by atoms with Crippen molar-refractivity contribution in [3.63, 3.8) is 0 Å². The summed E-state index contributed by atoms with van der Waals surface area (Å²) < 4.78 is 38.0. The topological polar surface area (TPSA) is 75.7 Å². The van der Waals surface area contributed by atoms with Gasteiger partial charge in [-0.25, -0.2) is 0 Å². The molecule has 0 amide bonds. The van der Waals surface area contributed by atoms with Gasteiger partial charge in [0.15, 0.2) is 11.4 Å². The lowest BCUT2D eigenvalue weighted by Gasteiger charge is -2.69. The highest BCUT2D eigenvalue weighted by molar-refractivity contribution is 5.98. The van der Waals surface area contributed by atoms with Crippen molar-refractivity contribution in [1.82, 2.24) is 4.90 Å². The van der Waals surface area contributed by atoms with Crippen molar-refractivity contribution < 1.29 is 33.2 Å². The molecule has 12 atom stereocenters. The number of hydrogen-bond acceptors (Lipinski definition) is 8. The SMILES string of the molecule is CCN1C[C@]2(COC)CC[C@H](OC)[C@@]34[C@@H]5C[C@H]6[C@H](OC)[C@@H]5[C@@]5(C[C@@H]6OC)OCO[C@@]5(C(=O)[C@H]23)[C@@H]14. The highest BCUT2D eigenvalue weighted by Gasteiger charge is 2.94. The molecule has 5 aliphatic carbocycles. The van der Waals surface area contributed by atoms with E-state index in [2.05, 4.69) is 11.8 Å². The molecule has 7 bridgehead atoms. The molecule has 0 aromatic heterocycles. The van der Waals surface area contributed by atoms with E-state index in [1.807, 2.05) is 14.2 Å². The molecule has 7 aliphatic rings. The molecule has 0 radical (unpaired) electrons. The van der Waals surface area contributed by atoms with Crippen molar-refractivity contribution >= 4 is 5.78 Å². The van der Waals surface area contributed by atoms with Gasteiger partial charge < -0.3 is 28.4 Å². The zero-order valence-corrected chi connectivity index (χ0v) is 21.1. The summed E-state index contributed by atoms with van der Waals surface area (Å²) in [5.74, 6) is 0.706. The highest BCUT2D eigenvalue weighted by Crippen LogP contribution is 2.81. The lowest BCUT2D eigenvalue weighted by atomic mass is 9.42. The van der Waals surface area contributed by atoms with Crippen LogP contribution in [0, 0.1) is 34.5 Å². The number of likely N-dealkylation sites (N-methyl/N-ethyl adjacent to an activating group) is 1. The van der Waals surface area contributed by atoms with E-state index < -0.39 is 11.2 Å². The van der Waals surface area contributed by atoms with Crippen LogP contribution in [0.3, 0.4) is 0 Å². The molecule has 2 aliphatic heterocycles. The fourth-order valence-corrected chi connectivity index (χ4v) is 11.4. The summed E-state index contributed by atoms with van der Waals surface area (Å²) in [5, 5.41) is 0. The number of Topliss-reactive ketones (excluding diaryl/α,β-unsaturated/α-hetero) is 1. The fourth-order valence-electron chi connectivity index (χ4n) is 11.4. The van der Waals surface area contributed by atoms with Crippen LogP contribution in [-0.2, 0) is 33.2 Å². The minimum Gasteiger partial charge on any atom is -0.384 e. The van der Waals surface area contributed by atoms with Crippen LogP contribution in [0.4, 0.5) is 0 Å². The van der Waals surface area contributed by atoms with Gasteiger partial charge in [0, 0.05) is 70.0 Å². The third-order valence-corrected chi connectivity index (χ3v) is 11.8. The molecule has 7 fully saturated rings. The van der Waals surface area contributed by atoms with E-state index in [1.54, 1.807) is 14.2 Å². The normalized spacial score (nSPS) is 58.9. The first-order chi connectivity index (χ1) is 16.5. The Morgan fingerprint density at radius 1 is 1.12 bits per heavy atom. The molecule has 0 unspecified atom stereocenters. The summed E-state index contributed by atoms with van der Waals surface area (Å²) in [7, 11) is 7.21. The van der Waals surface area contributed by atoms with Crippen LogP contribution >= 0.6 is 0 Å². The van der Waals surface area contributed by atoms with E-state index in [4.69, 9.17) is 28.4 Å². The quantitative estimate of drug-likeness (QED) is 0.570. The second-order valence-electron chi connectivity index (χ2n) is 12.1. The predicted molar refractivity (Wildman–Crippen MR) is 120 cm³/mol. The van der Waals surface area contributed by atoms with E-state index in [9.17, 15) is 0 Å². The summed E-state index contributed by atoms with van der Waals surface area (Å²) in [6.45, 7) is 4.67.